The SMILES string of the molecule is COc1cccc(Cn2cc(CO)c3ccccc32)n1. The number of methoxy groups -OCH3 is 1. The summed E-state index contributed by atoms with van der Waals surface area (Å²) in [5.41, 5.74) is 2.96. The van der Waals surface area contributed by atoms with Crippen molar-refractivity contribution in [3.8, 4) is 5.88 Å². The van der Waals surface area contributed by atoms with Crippen molar-refractivity contribution in [3.05, 3.63) is 59.9 Å². The van der Waals surface area contributed by atoms with Crippen molar-refractivity contribution in [2.45, 2.75) is 13.2 Å². The zero-order chi connectivity index (χ0) is 13.9. The molecule has 0 amide bonds. The van der Waals surface area contributed by atoms with Crippen LogP contribution in [0, 0.1) is 0 Å². The molecule has 0 aliphatic heterocycles. The van der Waals surface area contributed by atoms with E-state index in [-0.39, 0.29) is 6.61 Å². The number of aromatic nitrogens is 2. The summed E-state index contributed by atoms with van der Waals surface area (Å²) in [7, 11) is 1.61. The summed E-state index contributed by atoms with van der Waals surface area (Å²) in [5.74, 6) is 0.612. The number of ether oxygens (including phenoxy) is 1. The fraction of sp³-hybridized carbons (Fsp3) is 0.188. The number of para-hydroxylation sites is 1. The van der Waals surface area contributed by atoms with Crippen molar-refractivity contribution >= 4 is 10.9 Å². The van der Waals surface area contributed by atoms with Crippen LogP contribution in [0.3, 0.4) is 0 Å². The number of fused-ring (bicyclic) bond motifs is 1. The second kappa shape index (κ2) is 5.35. The molecule has 0 spiro atoms. The van der Waals surface area contributed by atoms with Gasteiger partial charge in [-0.1, -0.05) is 24.3 Å². The van der Waals surface area contributed by atoms with Crippen LogP contribution in [0.1, 0.15) is 11.3 Å². The predicted molar refractivity (Wildman–Crippen MR) is 77.8 cm³/mol. The molecule has 4 nitrogen and oxygen atoms in total. The van der Waals surface area contributed by atoms with E-state index in [1.165, 1.54) is 0 Å². The number of nitrogens with zero attached hydrogens (tertiary/aromatic N) is 2. The average Bonchev–Trinajstić information content (AvgIpc) is 2.86. The largest absolute Gasteiger partial charge is 0.481 e. The minimum atomic E-state index is 0.0407. The van der Waals surface area contributed by atoms with Crippen molar-refractivity contribution in [1.82, 2.24) is 9.55 Å². The van der Waals surface area contributed by atoms with Crippen molar-refractivity contribution in [2.75, 3.05) is 7.11 Å². The summed E-state index contributed by atoms with van der Waals surface area (Å²) in [4.78, 5) is 4.42. The Morgan fingerprint density at radius 3 is 2.80 bits per heavy atom. The molecule has 20 heavy (non-hydrogen) atoms. The maximum atomic E-state index is 9.45. The van der Waals surface area contributed by atoms with Gasteiger partial charge in [0.15, 0.2) is 0 Å². The van der Waals surface area contributed by atoms with Gasteiger partial charge < -0.3 is 14.4 Å². The minimum Gasteiger partial charge on any atom is -0.481 e. The van der Waals surface area contributed by atoms with E-state index in [0.29, 0.717) is 12.4 Å². The maximum Gasteiger partial charge on any atom is 0.213 e. The van der Waals surface area contributed by atoms with E-state index in [1.54, 1.807) is 7.11 Å². The summed E-state index contributed by atoms with van der Waals surface area (Å²) in [6.45, 7) is 0.691. The van der Waals surface area contributed by atoms with E-state index in [2.05, 4.69) is 15.6 Å². The van der Waals surface area contributed by atoms with Gasteiger partial charge in [-0.05, 0) is 12.1 Å². The van der Waals surface area contributed by atoms with E-state index in [1.807, 2.05) is 42.6 Å². The Bertz CT molecular complexity index is 734. The first-order chi connectivity index (χ1) is 9.81. The number of hydrogen-bond acceptors (Lipinski definition) is 3. The first kappa shape index (κ1) is 12.7. The standard InChI is InChI=1S/C16H16N2O2/c1-20-16-8-4-5-13(17-16)10-18-9-12(11-19)14-6-2-3-7-15(14)18/h2-9,19H,10-11H2,1H3. The molecule has 0 fully saturated rings. The first-order valence-corrected chi connectivity index (χ1v) is 6.49. The number of aliphatic hydroxyl groups is 1. The zero-order valence-electron chi connectivity index (χ0n) is 11.3. The van der Waals surface area contributed by atoms with Crippen LogP contribution in [0.5, 0.6) is 5.88 Å². The summed E-state index contributed by atoms with van der Waals surface area (Å²) in [6, 6.07) is 13.8. The van der Waals surface area contributed by atoms with Gasteiger partial charge in [0, 0.05) is 28.7 Å². The van der Waals surface area contributed by atoms with E-state index < -0.39 is 0 Å². The number of rotatable bonds is 4. The Labute approximate surface area is 117 Å². The van der Waals surface area contributed by atoms with Crippen LogP contribution in [0.4, 0.5) is 0 Å². The van der Waals surface area contributed by atoms with Crippen LogP contribution in [0.2, 0.25) is 0 Å². The average molecular weight is 268 g/mol. The molecule has 0 saturated carbocycles. The van der Waals surface area contributed by atoms with Crippen molar-refractivity contribution < 1.29 is 9.84 Å². The van der Waals surface area contributed by atoms with Crippen LogP contribution >= 0.6 is 0 Å². The van der Waals surface area contributed by atoms with Gasteiger partial charge in [0.1, 0.15) is 0 Å². The molecule has 0 atom stereocenters. The quantitative estimate of drug-likeness (QED) is 0.791. The van der Waals surface area contributed by atoms with Gasteiger partial charge in [0.2, 0.25) is 5.88 Å². The molecule has 0 unspecified atom stereocenters. The highest BCUT2D eigenvalue weighted by Crippen LogP contribution is 2.22. The topological polar surface area (TPSA) is 47.3 Å². The van der Waals surface area contributed by atoms with Gasteiger partial charge in [-0.3, -0.25) is 0 Å². The van der Waals surface area contributed by atoms with E-state index in [0.717, 1.165) is 22.2 Å². The molecule has 0 radical (unpaired) electrons. The Kier molecular flexibility index (Phi) is 3.39. The van der Waals surface area contributed by atoms with Crippen LogP contribution in [-0.2, 0) is 13.2 Å². The number of pyridine rings is 1. The molecule has 0 bridgehead atoms. The second-order valence-electron chi connectivity index (χ2n) is 4.63. The molecule has 0 saturated heterocycles. The molecular weight excluding hydrogens is 252 g/mol. The molecule has 0 aliphatic rings. The van der Waals surface area contributed by atoms with Crippen molar-refractivity contribution in [3.63, 3.8) is 0 Å². The van der Waals surface area contributed by atoms with Gasteiger partial charge in [0.25, 0.3) is 0 Å². The van der Waals surface area contributed by atoms with E-state index in [4.69, 9.17) is 4.74 Å². The second-order valence-corrected chi connectivity index (χ2v) is 4.63. The maximum absolute atomic E-state index is 9.45. The lowest BCUT2D eigenvalue weighted by molar-refractivity contribution is 0.283. The molecule has 3 rings (SSSR count). The van der Waals surface area contributed by atoms with Gasteiger partial charge >= 0.3 is 0 Å². The summed E-state index contributed by atoms with van der Waals surface area (Å²) in [6.07, 6.45) is 1.98. The van der Waals surface area contributed by atoms with Crippen LogP contribution < -0.4 is 4.74 Å². The molecule has 1 aromatic carbocycles. The van der Waals surface area contributed by atoms with Gasteiger partial charge in [0.05, 0.1) is 26.0 Å². The fourth-order valence-electron chi connectivity index (χ4n) is 2.41. The molecule has 102 valence electrons. The lowest BCUT2D eigenvalue weighted by Gasteiger charge is -2.06. The lowest BCUT2D eigenvalue weighted by atomic mass is 10.2. The summed E-state index contributed by atoms with van der Waals surface area (Å²) < 4.78 is 7.25. The summed E-state index contributed by atoms with van der Waals surface area (Å²) >= 11 is 0. The van der Waals surface area contributed by atoms with Gasteiger partial charge in [-0.25, -0.2) is 4.98 Å². The van der Waals surface area contributed by atoms with Crippen LogP contribution in [0.25, 0.3) is 10.9 Å². The Balaban J connectivity index is 2.02. The van der Waals surface area contributed by atoms with Crippen molar-refractivity contribution in [2.24, 2.45) is 0 Å². The normalized spacial score (nSPS) is 10.9. The zero-order valence-corrected chi connectivity index (χ0v) is 11.3. The molecule has 1 N–H and O–H groups in total. The number of hydrogen-bond donors (Lipinski definition) is 1. The summed E-state index contributed by atoms with van der Waals surface area (Å²) in [5, 5.41) is 10.5. The highest BCUT2D eigenvalue weighted by molar-refractivity contribution is 5.83. The smallest absolute Gasteiger partial charge is 0.213 e. The molecule has 4 heteroatoms. The Morgan fingerprint density at radius 1 is 1.15 bits per heavy atom. The highest BCUT2D eigenvalue weighted by atomic mass is 16.5. The third-order valence-electron chi connectivity index (χ3n) is 3.36. The van der Waals surface area contributed by atoms with E-state index >= 15 is 0 Å². The number of aliphatic hydroxyl groups excluding tert-OH is 1. The lowest BCUT2D eigenvalue weighted by Crippen LogP contribution is -2.01. The van der Waals surface area contributed by atoms with Crippen LogP contribution in [0.15, 0.2) is 48.7 Å². The Hall–Kier alpha value is -2.33. The monoisotopic (exact) mass is 268 g/mol. The molecule has 3 aromatic rings. The molecule has 2 aromatic heterocycles. The van der Waals surface area contributed by atoms with Crippen molar-refractivity contribution in [1.29, 1.82) is 0 Å². The molecule has 0 aliphatic carbocycles. The predicted octanol–water partition coefficient (Wildman–Crippen LogP) is 2.59. The van der Waals surface area contributed by atoms with Gasteiger partial charge in [-0.2, -0.15) is 0 Å². The first-order valence-electron chi connectivity index (χ1n) is 6.49. The fourth-order valence-corrected chi connectivity index (χ4v) is 2.41. The third kappa shape index (κ3) is 2.26. The third-order valence-corrected chi connectivity index (χ3v) is 3.36. The number of benzene rings is 1. The minimum absolute atomic E-state index is 0.0407. The highest BCUT2D eigenvalue weighted by Gasteiger charge is 2.08. The van der Waals surface area contributed by atoms with Gasteiger partial charge in [-0.15, -0.1) is 0 Å². The van der Waals surface area contributed by atoms with E-state index in [9.17, 15) is 5.11 Å². The Morgan fingerprint density at radius 2 is 2.00 bits per heavy atom. The van der Waals surface area contributed by atoms with Crippen LogP contribution in [-0.4, -0.2) is 21.8 Å². The molecular formula is C16H16N2O2. The molecule has 2 heterocycles.